The van der Waals surface area contributed by atoms with Crippen molar-refractivity contribution in [1.82, 2.24) is 5.32 Å². The molecule has 2 aliphatic rings. The van der Waals surface area contributed by atoms with E-state index in [0.717, 1.165) is 22.3 Å². The molecule has 0 saturated carbocycles. The third-order valence-electron chi connectivity index (χ3n) is 8.77. The molecular formula is C38H37Cl3F2N4O8. The number of carbonyl (C=O) groups is 4. The minimum atomic E-state index is -0.773. The summed E-state index contributed by atoms with van der Waals surface area (Å²) in [4.78, 5) is 46.3. The summed E-state index contributed by atoms with van der Waals surface area (Å²) in [5.41, 5.74) is 10.5. The summed E-state index contributed by atoms with van der Waals surface area (Å²) in [7, 11) is 5.65. The molecule has 55 heavy (non-hydrogen) atoms. The highest BCUT2D eigenvalue weighted by Crippen LogP contribution is 2.36. The van der Waals surface area contributed by atoms with Gasteiger partial charge in [0.15, 0.2) is 0 Å². The molecule has 0 heterocycles. The fourth-order valence-electron chi connectivity index (χ4n) is 6.09. The lowest BCUT2D eigenvalue weighted by atomic mass is 10.0. The summed E-state index contributed by atoms with van der Waals surface area (Å²) in [5.74, 6) is -1.73. The SMILES string of the molecule is COC(=O)Cl.COC(=O)N[C@@H]1c2cccc(C(=O)Nc3ccc(F)c(Cl)c3)c2C[C@H]1OC.CO[C@@H]1Cc2c(C(=O)Nc3ccc(F)c(Cl)c3)cccc2[C@H]1N. The first kappa shape index (κ1) is 42.9. The Hall–Kier alpha value is -4.83. The van der Waals surface area contributed by atoms with Crippen molar-refractivity contribution in [2.75, 3.05) is 39.1 Å². The zero-order chi connectivity index (χ0) is 40.4. The number of alkyl carbamates (subject to hydrolysis) is 1. The summed E-state index contributed by atoms with van der Waals surface area (Å²) in [6.07, 6.45) is -0.00656. The van der Waals surface area contributed by atoms with Gasteiger partial charge in [-0.05, 0) is 70.8 Å². The Kier molecular flexibility index (Phi) is 15.3. The average molecular weight is 822 g/mol. The number of nitrogens with two attached hydrogens (primary N) is 1. The van der Waals surface area contributed by atoms with E-state index in [1.165, 1.54) is 50.6 Å². The molecule has 0 bridgehead atoms. The number of hydrogen-bond acceptors (Lipinski definition) is 9. The number of nitrogens with one attached hydrogen (secondary N) is 3. The van der Waals surface area contributed by atoms with Crippen LogP contribution >= 0.6 is 34.8 Å². The van der Waals surface area contributed by atoms with Gasteiger partial charge in [0.25, 0.3) is 11.8 Å². The Balaban J connectivity index is 0.000000220. The standard InChI is InChI=1S/C19H18ClFN2O4.C17H16ClFN2O2.C2H3ClO2/c1-26-16-9-13-11(17(16)23-19(25)27-2)4-3-5-12(13)18(24)22-10-6-7-15(21)14(20)8-10;1-23-15-8-12-10(16(15)20)3-2-4-11(12)17(22)21-9-5-6-14(19)13(18)7-9;1-5-2(3)4/h3-8,16-17H,9H2,1-2H3,(H,22,24)(H,23,25);2-7,15-16H,8,20H2,1H3,(H,21,22);1H3/t16-,17-;15-,16-;/m11./s1. The quantitative estimate of drug-likeness (QED) is 0.135. The number of ether oxygens (including phenoxy) is 4. The zero-order valence-electron chi connectivity index (χ0n) is 29.9. The number of amides is 3. The predicted octanol–water partition coefficient (Wildman–Crippen LogP) is 7.99. The van der Waals surface area contributed by atoms with Crippen LogP contribution in [0.4, 0.5) is 29.7 Å². The van der Waals surface area contributed by atoms with E-state index in [1.807, 2.05) is 12.1 Å². The number of hydrogen-bond donors (Lipinski definition) is 4. The van der Waals surface area contributed by atoms with Gasteiger partial charge in [0.2, 0.25) is 0 Å². The number of carbonyl (C=O) groups excluding carboxylic acids is 4. The number of methoxy groups -OCH3 is 4. The maximum absolute atomic E-state index is 13.3. The highest BCUT2D eigenvalue weighted by atomic mass is 35.5. The summed E-state index contributed by atoms with van der Waals surface area (Å²) >= 11 is 16.1. The van der Waals surface area contributed by atoms with Gasteiger partial charge in [0.1, 0.15) is 11.6 Å². The Morgan fingerprint density at radius 3 is 1.58 bits per heavy atom. The van der Waals surface area contributed by atoms with Crippen LogP contribution in [0.25, 0.3) is 0 Å². The van der Waals surface area contributed by atoms with Crippen LogP contribution in [0, 0.1) is 11.6 Å². The van der Waals surface area contributed by atoms with Crippen molar-refractivity contribution in [2.45, 2.75) is 37.1 Å². The van der Waals surface area contributed by atoms with E-state index in [0.29, 0.717) is 35.3 Å². The Morgan fingerprint density at radius 1 is 0.691 bits per heavy atom. The first-order valence-electron chi connectivity index (χ1n) is 16.4. The normalized spacial score (nSPS) is 17.6. The van der Waals surface area contributed by atoms with E-state index in [2.05, 4.69) is 37.0 Å². The van der Waals surface area contributed by atoms with Gasteiger partial charge in [-0.15, -0.1) is 0 Å². The maximum atomic E-state index is 13.3. The lowest BCUT2D eigenvalue weighted by Gasteiger charge is -2.19. The van der Waals surface area contributed by atoms with Crippen LogP contribution in [0.15, 0.2) is 72.8 Å². The van der Waals surface area contributed by atoms with Crippen molar-refractivity contribution < 1.29 is 46.9 Å². The van der Waals surface area contributed by atoms with E-state index < -0.39 is 29.2 Å². The molecule has 0 saturated heterocycles. The van der Waals surface area contributed by atoms with Crippen molar-refractivity contribution >= 4 is 69.5 Å². The largest absolute Gasteiger partial charge is 0.457 e. The average Bonchev–Trinajstić information content (AvgIpc) is 3.71. The topological polar surface area (TPSA) is 167 Å². The molecule has 4 atom stereocenters. The second kappa shape index (κ2) is 19.7. The third kappa shape index (κ3) is 10.7. The van der Waals surface area contributed by atoms with Gasteiger partial charge in [0.05, 0.1) is 48.6 Å². The minimum absolute atomic E-state index is 0.0393. The molecule has 0 fully saturated rings. The van der Waals surface area contributed by atoms with Gasteiger partial charge >= 0.3 is 11.5 Å². The molecule has 0 spiro atoms. The summed E-state index contributed by atoms with van der Waals surface area (Å²) < 4.78 is 45.9. The van der Waals surface area contributed by atoms with Crippen molar-refractivity contribution in [3.05, 3.63) is 128 Å². The molecule has 2 aliphatic carbocycles. The Bertz CT molecular complexity index is 2060. The van der Waals surface area contributed by atoms with Gasteiger partial charge in [-0.25, -0.2) is 18.4 Å². The molecule has 4 aromatic rings. The number of benzene rings is 4. The van der Waals surface area contributed by atoms with E-state index in [-0.39, 0.29) is 40.1 Å². The molecule has 0 aliphatic heterocycles. The first-order valence-corrected chi connectivity index (χ1v) is 17.5. The van der Waals surface area contributed by atoms with E-state index >= 15 is 0 Å². The monoisotopic (exact) mass is 820 g/mol. The van der Waals surface area contributed by atoms with Crippen molar-refractivity contribution in [3.8, 4) is 0 Å². The van der Waals surface area contributed by atoms with Crippen LogP contribution in [-0.4, -0.2) is 64.0 Å². The molecule has 292 valence electrons. The lowest BCUT2D eigenvalue weighted by Crippen LogP contribution is -2.34. The van der Waals surface area contributed by atoms with Crippen molar-refractivity contribution in [2.24, 2.45) is 5.73 Å². The zero-order valence-corrected chi connectivity index (χ0v) is 32.2. The second-order valence-electron chi connectivity index (χ2n) is 12.0. The molecule has 0 aromatic heterocycles. The van der Waals surface area contributed by atoms with Gasteiger partial charge < -0.3 is 40.6 Å². The van der Waals surface area contributed by atoms with E-state index in [1.54, 1.807) is 38.5 Å². The molecule has 6 rings (SSSR count). The molecule has 12 nitrogen and oxygen atoms in total. The number of anilines is 2. The molecule has 5 N–H and O–H groups in total. The fourth-order valence-corrected chi connectivity index (χ4v) is 6.45. The maximum Gasteiger partial charge on any atom is 0.407 e. The molecule has 0 unspecified atom stereocenters. The third-order valence-corrected chi connectivity index (χ3v) is 9.50. The number of halogens is 5. The van der Waals surface area contributed by atoms with Crippen LogP contribution in [-0.2, 0) is 31.8 Å². The van der Waals surface area contributed by atoms with Crippen molar-refractivity contribution in [1.29, 1.82) is 0 Å². The van der Waals surface area contributed by atoms with Crippen LogP contribution in [0.3, 0.4) is 0 Å². The highest BCUT2D eigenvalue weighted by Gasteiger charge is 2.36. The highest BCUT2D eigenvalue weighted by molar-refractivity contribution is 6.61. The first-order chi connectivity index (χ1) is 26.2. The molecule has 0 radical (unpaired) electrons. The van der Waals surface area contributed by atoms with Crippen molar-refractivity contribution in [3.63, 3.8) is 0 Å². The Morgan fingerprint density at radius 2 is 1.15 bits per heavy atom. The molecule has 3 amide bonds. The van der Waals surface area contributed by atoms with E-state index in [9.17, 15) is 28.0 Å². The van der Waals surface area contributed by atoms with Gasteiger partial charge in [-0.2, -0.15) is 0 Å². The van der Waals surface area contributed by atoms with Crippen LogP contribution in [0.5, 0.6) is 0 Å². The fraction of sp³-hybridized carbons (Fsp3) is 0.263. The van der Waals surface area contributed by atoms with Crippen LogP contribution < -0.4 is 21.7 Å². The summed E-state index contributed by atoms with van der Waals surface area (Å²) in [5, 5.41) is 8.07. The van der Waals surface area contributed by atoms with E-state index in [4.69, 9.17) is 38.4 Å². The number of rotatable bonds is 7. The predicted molar refractivity (Wildman–Crippen MR) is 204 cm³/mol. The van der Waals surface area contributed by atoms with Crippen LogP contribution in [0.2, 0.25) is 10.0 Å². The molecular weight excluding hydrogens is 785 g/mol. The van der Waals surface area contributed by atoms with Gasteiger partial charge in [-0.3, -0.25) is 9.59 Å². The lowest BCUT2D eigenvalue weighted by molar-refractivity contribution is 0.0753. The Labute approximate surface area is 330 Å². The molecule has 4 aromatic carbocycles. The smallest absolute Gasteiger partial charge is 0.407 e. The minimum Gasteiger partial charge on any atom is -0.457 e. The second-order valence-corrected chi connectivity index (χ2v) is 13.1. The summed E-state index contributed by atoms with van der Waals surface area (Å²) in [6, 6.07) is 18.0. The van der Waals surface area contributed by atoms with Gasteiger partial charge in [-0.1, -0.05) is 47.5 Å². The van der Waals surface area contributed by atoms with Gasteiger partial charge in [0, 0.05) is 61.2 Å². The number of fused-ring (bicyclic) bond motifs is 2. The van der Waals surface area contributed by atoms with Crippen LogP contribution in [0.1, 0.15) is 55.1 Å². The summed E-state index contributed by atoms with van der Waals surface area (Å²) in [6.45, 7) is 0. The molecule has 17 heteroatoms.